The van der Waals surface area contributed by atoms with E-state index in [2.05, 4.69) is 57.0 Å². The first-order valence-corrected chi connectivity index (χ1v) is 9.40. The average Bonchev–Trinajstić information content (AvgIpc) is 2.96. The maximum absolute atomic E-state index is 3.81. The molecule has 3 unspecified atom stereocenters. The second-order valence-corrected chi connectivity index (χ2v) is 8.08. The van der Waals surface area contributed by atoms with E-state index in [1.165, 1.54) is 29.1 Å². The first-order chi connectivity index (χ1) is 10.0. The van der Waals surface area contributed by atoms with Gasteiger partial charge in [-0.05, 0) is 37.8 Å². The zero-order chi connectivity index (χ0) is 15.5. The lowest BCUT2D eigenvalue weighted by Gasteiger charge is -2.49. The van der Waals surface area contributed by atoms with Crippen molar-refractivity contribution in [1.82, 2.24) is 10.2 Å². The summed E-state index contributed by atoms with van der Waals surface area (Å²) >= 11 is 1.99. The summed E-state index contributed by atoms with van der Waals surface area (Å²) in [4.78, 5) is 5.76. The number of nitrogens with zero attached hydrogens (tertiary/aromatic N) is 1. The van der Waals surface area contributed by atoms with E-state index in [-0.39, 0.29) is 0 Å². The van der Waals surface area contributed by atoms with Crippen molar-refractivity contribution in [3.63, 3.8) is 0 Å². The molecule has 1 N–H and O–H groups in total. The second-order valence-electron chi connectivity index (χ2n) is 6.83. The second kappa shape index (κ2) is 7.26. The molecule has 0 radical (unpaired) electrons. The van der Waals surface area contributed by atoms with E-state index in [1.54, 1.807) is 0 Å². The van der Waals surface area contributed by atoms with Crippen molar-refractivity contribution in [2.24, 2.45) is 5.92 Å². The van der Waals surface area contributed by atoms with Crippen LogP contribution in [0.2, 0.25) is 0 Å². The maximum Gasteiger partial charge on any atom is 0.0334 e. The van der Waals surface area contributed by atoms with Crippen LogP contribution in [0.5, 0.6) is 0 Å². The third-order valence-corrected chi connectivity index (χ3v) is 6.64. The summed E-state index contributed by atoms with van der Waals surface area (Å²) in [5, 5.41) is 3.81. The van der Waals surface area contributed by atoms with Gasteiger partial charge in [0.2, 0.25) is 0 Å². The van der Waals surface area contributed by atoms with Crippen molar-refractivity contribution in [3.05, 3.63) is 21.9 Å². The minimum absolute atomic E-state index is 0.292. The highest BCUT2D eigenvalue weighted by molar-refractivity contribution is 7.11. The first-order valence-electron chi connectivity index (χ1n) is 8.58. The first kappa shape index (κ1) is 17.0. The third kappa shape index (κ3) is 3.88. The van der Waals surface area contributed by atoms with E-state index in [1.807, 2.05) is 11.3 Å². The molecule has 2 heterocycles. The van der Waals surface area contributed by atoms with Crippen molar-refractivity contribution in [2.45, 2.75) is 72.0 Å². The Morgan fingerprint density at radius 3 is 2.62 bits per heavy atom. The standard InChI is InChI=1S/C18H32N2S/c1-6-14(4)17-12-20(18(5,8-3)13-19-17)11-16-10-9-15(7-2)21-16/h9-10,14,17,19H,6-8,11-13H2,1-5H3. The molecule has 0 bridgehead atoms. The predicted molar refractivity (Wildman–Crippen MR) is 94.0 cm³/mol. The molecule has 1 aromatic heterocycles. The molecule has 2 rings (SSSR count). The van der Waals surface area contributed by atoms with E-state index in [0.29, 0.717) is 11.6 Å². The van der Waals surface area contributed by atoms with Crippen molar-refractivity contribution >= 4 is 11.3 Å². The summed E-state index contributed by atoms with van der Waals surface area (Å²) in [6, 6.07) is 5.28. The molecule has 1 saturated heterocycles. The molecule has 1 aromatic rings. The molecule has 0 aromatic carbocycles. The largest absolute Gasteiger partial charge is 0.311 e. The fraction of sp³-hybridized carbons (Fsp3) is 0.778. The minimum atomic E-state index is 0.292. The van der Waals surface area contributed by atoms with Crippen LogP contribution < -0.4 is 5.32 Å². The van der Waals surface area contributed by atoms with Crippen molar-refractivity contribution in [1.29, 1.82) is 0 Å². The Balaban J connectivity index is 2.10. The van der Waals surface area contributed by atoms with Crippen LogP contribution in [0.4, 0.5) is 0 Å². The van der Waals surface area contributed by atoms with Crippen molar-refractivity contribution < 1.29 is 0 Å². The number of nitrogens with one attached hydrogen (secondary N) is 1. The molecule has 0 spiro atoms. The van der Waals surface area contributed by atoms with Gasteiger partial charge in [0.1, 0.15) is 0 Å². The van der Waals surface area contributed by atoms with E-state index in [9.17, 15) is 0 Å². The third-order valence-electron chi connectivity index (χ3n) is 5.43. The van der Waals surface area contributed by atoms with Gasteiger partial charge in [0.15, 0.2) is 0 Å². The van der Waals surface area contributed by atoms with Gasteiger partial charge < -0.3 is 5.32 Å². The fourth-order valence-corrected chi connectivity index (χ4v) is 4.11. The van der Waals surface area contributed by atoms with Crippen LogP contribution in [-0.4, -0.2) is 29.6 Å². The lowest BCUT2D eigenvalue weighted by Crippen LogP contribution is -2.63. The van der Waals surface area contributed by atoms with Gasteiger partial charge in [-0.3, -0.25) is 4.90 Å². The van der Waals surface area contributed by atoms with Gasteiger partial charge in [0.05, 0.1) is 0 Å². The van der Waals surface area contributed by atoms with Crippen LogP contribution in [-0.2, 0) is 13.0 Å². The Hall–Kier alpha value is -0.380. The fourth-order valence-electron chi connectivity index (χ4n) is 3.14. The quantitative estimate of drug-likeness (QED) is 0.843. The summed E-state index contributed by atoms with van der Waals surface area (Å²) in [5.74, 6) is 0.753. The molecule has 3 heteroatoms. The van der Waals surface area contributed by atoms with Crippen molar-refractivity contribution in [3.8, 4) is 0 Å². The van der Waals surface area contributed by atoms with Crippen LogP contribution in [0.25, 0.3) is 0 Å². The van der Waals surface area contributed by atoms with Crippen LogP contribution in [0, 0.1) is 5.92 Å². The maximum atomic E-state index is 3.81. The number of hydrogen-bond acceptors (Lipinski definition) is 3. The molecule has 1 fully saturated rings. The molecule has 1 aliphatic rings. The van der Waals surface area contributed by atoms with Crippen LogP contribution in [0.3, 0.4) is 0 Å². The summed E-state index contributed by atoms with van der Waals surface area (Å²) < 4.78 is 0. The zero-order valence-corrected chi connectivity index (χ0v) is 15.2. The van der Waals surface area contributed by atoms with Gasteiger partial charge in [-0.2, -0.15) is 0 Å². The van der Waals surface area contributed by atoms with E-state index in [0.717, 1.165) is 25.4 Å². The Morgan fingerprint density at radius 2 is 2.05 bits per heavy atom. The molecule has 120 valence electrons. The lowest BCUT2D eigenvalue weighted by molar-refractivity contribution is 0.0302. The number of thiophene rings is 1. The Kier molecular flexibility index (Phi) is 5.87. The smallest absolute Gasteiger partial charge is 0.0334 e. The normalized spacial score (nSPS) is 28.7. The Bertz CT molecular complexity index is 442. The van der Waals surface area contributed by atoms with Gasteiger partial charge in [0.25, 0.3) is 0 Å². The molecule has 0 amide bonds. The van der Waals surface area contributed by atoms with E-state index >= 15 is 0 Å². The van der Waals surface area contributed by atoms with Gasteiger partial charge in [-0.1, -0.05) is 34.1 Å². The van der Waals surface area contributed by atoms with Crippen LogP contribution in [0.1, 0.15) is 57.2 Å². The summed E-state index contributed by atoms with van der Waals surface area (Å²) in [7, 11) is 0. The van der Waals surface area contributed by atoms with Gasteiger partial charge in [-0.15, -0.1) is 11.3 Å². The predicted octanol–water partition coefficient (Wildman–Crippen LogP) is 4.30. The SMILES string of the molecule is CCc1ccc(CN2CC(C(C)CC)NCC2(C)CC)s1. The molecule has 0 aliphatic carbocycles. The molecule has 1 aliphatic heterocycles. The topological polar surface area (TPSA) is 15.3 Å². The number of piperazine rings is 1. The van der Waals surface area contributed by atoms with E-state index in [4.69, 9.17) is 0 Å². The highest BCUT2D eigenvalue weighted by Crippen LogP contribution is 2.29. The minimum Gasteiger partial charge on any atom is -0.311 e. The number of rotatable bonds is 6. The Labute approximate surface area is 134 Å². The van der Waals surface area contributed by atoms with Crippen molar-refractivity contribution in [2.75, 3.05) is 13.1 Å². The van der Waals surface area contributed by atoms with Gasteiger partial charge >= 0.3 is 0 Å². The molecule has 3 atom stereocenters. The summed E-state index contributed by atoms with van der Waals surface area (Å²) in [6.07, 6.45) is 3.62. The highest BCUT2D eigenvalue weighted by atomic mass is 32.1. The molecule has 21 heavy (non-hydrogen) atoms. The monoisotopic (exact) mass is 308 g/mol. The number of hydrogen-bond donors (Lipinski definition) is 1. The van der Waals surface area contributed by atoms with Crippen LogP contribution >= 0.6 is 11.3 Å². The molecular formula is C18H32N2S. The Morgan fingerprint density at radius 1 is 1.33 bits per heavy atom. The lowest BCUT2D eigenvalue weighted by atomic mass is 9.88. The molecule has 2 nitrogen and oxygen atoms in total. The molecular weight excluding hydrogens is 276 g/mol. The van der Waals surface area contributed by atoms with Gasteiger partial charge in [-0.25, -0.2) is 0 Å². The average molecular weight is 309 g/mol. The van der Waals surface area contributed by atoms with Gasteiger partial charge in [0, 0.05) is 41.0 Å². The van der Waals surface area contributed by atoms with Crippen LogP contribution in [0.15, 0.2) is 12.1 Å². The zero-order valence-electron chi connectivity index (χ0n) is 14.4. The highest BCUT2D eigenvalue weighted by Gasteiger charge is 2.37. The molecule has 0 saturated carbocycles. The summed E-state index contributed by atoms with van der Waals surface area (Å²) in [6.45, 7) is 15.1. The van der Waals surface area contributed by atoms with E-state index < -0.39 is 0 Å². The number of aryl methyl sites for hydroxylation is 1. The summed E-state index contributed by atoms with van der Waals surface area (Å²) in [5.41, 5.74) is 0.292.